The largest absolute Gasteiger partial charge is 0.336 e. The first-order chi connectivity index (χ1) is 6.20. The van der Waals surface area contributed by atoms with Gasteiger partial charge in [0.15, 0.2) is 0 Å². The number of hydrogen-bond donors (Lipinski definition) is 1. The molecule has 0 unspecified atom stereocenters. The van der Waals surface area contributed by atoms with Crippen LogP contribution in [0, 0.1) is 6.92 Å². The number of hydrogen-bond acceptors (Lipinski definition) is 2. The second-order valence-corrected chi connectivity index (χ2v) is 3.05. The van der Waals surface area contributed by atoms with Crippen LogP contribution in [0.25, 0.3) is 10.9 Å². The molecule has 1 aromatic carbocycles. The summed E-state index contributed by atoms with van der Waals surface area (Å²) in [6.07, 6.45) is 0. The first-order valence-electron chi connectivity index (χ1n) is 4.06. The van der Waals surface area contributed by atoms with E-state index < -0.39 is 0 Å². The van der Waals surface area contributed by atoms with Gasteiger partial charge in [-0.05, 0) is 18.6 Å². The zero-order valence-corrected chi connectivity index (χ0v) is 7.32. The van der Waals surface area contributed by atoms with Crippen LogP contribution >= 0.6 is 0 Å². The number of pyridine rings is 1. The molecule has 0 saturated heterocycles. The summed E-state index contributed by atoms with van der Waals surface area (Å²) in [6.45, 7) is 1.91. The molecule has 3 nitrogen and oxygen atoms in total. The molecule has 0 fully saturated rings. The van der Waals surface area contributed by atoms with Gasteiger partial charge >= 0.3 is 0 Å². The summed E-state index contributed by atoms with van der Waals surface area (Å²) in [5.41, 5.74) is 1.56. The molecule has 0 amide bonds. The fraction of sp³-hybridized carbons (Fsp3) is 0.100. The summed E-state index contributed by atoms with van der Waals surface area (Å²) in [6, 6.07) is 9.13. The van der Waals surface area contributed by atoms with E-state index in [0.717, 1.165) is 16.5 Å². The average Bonchev–Trinajstić information content (AvgIpc) is 2.15. The lowest BCUT2D eigenvalue weighted by Gasteiger charge is -2.05. The SMILES string of the molecule is Cc1cc(=O)n(N)c2ccccc12. The molecule has 66 valence electrons. The molecule has 2 aromatic rings. The van der Waals surface area contributed by atoms with E-state index in [0.29, 0.717) is 0 Å². The molecule has 2 rings (SSSR count). The van der Waals surface area contributed by atoms with Crippen LogP contribution in [-0.4, -0.2) is 4.68 Å². The third-order valence-electron chi connectivity index (χ3n) is 2.17. The number of nitrogens with zero attached hydrogens (tertiary/aromatic N) is 1. The van der Waals surface area contributed by atoms with Gasteiger partial charge in [-0.3, -0.25) is 4.79 Å². The standard InChI is InChI=1S/C10H10N2O/c1-7-6-10(13)12(11)9-5-3-2-4-8(7)9/h2-6H,11H2,1H3. The van der Waals surface area contributed by atoms with Gasteiger partial charge in [0.1, 0.15) is 0 Å². The van der Waals surface area contributed by atoms with E-state index in [4.69, 9.17) is 5.84 Å². The maximum Gasteiger partial charge on any atom is 0.269 e. The van der Waals surface area contributed by atoms with Crippen LogP contribution in [0.4, 0.5) is 0 Å². The van der Waals surface area contributed by atoms with E-state index in [2.05, 4.69) is 0 Å². The van der Waals surface area contributed by atoms with Crippen molar-refractivity contribution in [2.45, 2.75) is 6.92 Å². The van der Waals surface area contributed by atoms with Gasteiger partial charge in [0.2, 0.25) is 0 Å². The van der Waals surface area contributed by atoms with Crippen LogP contribution < -0.4 is 11.4 Å². The lowest BCUT2D eigenvalue weighted by atomic mass is 10.1. The van der Waals surface area contributed by atoms with Crippen molar-refractivity contribution in [3.8, 4) is 0 Å². The summed E-state index contributed by atoms with van der Waals surface area (Å²) in [5.74, 6) is 5.59. The molecule has 2 N–H and O–H groups in total. The molecule has 0 saturated carbocycles. The molecular formula is C10H10N2O. The van der Waals surface area contributed by atoms with Gasteiger partial charge in [-0.1, -0.05) is 18.2 Å². The minimum atomic E-state index is -0.170. The zero-order valence-electron chi connectivity index (χ0n) is 7.32. The minimum absolute atomic E-state index is 0.170. The molecule has 3 heteroatoms. The van der Waals surface area contributed by atoms with Crippen molar-refractivity contribution in [2.75, 3.05) is 5.84 Å². The molecule has 0 bridgehead atoms. The van der Waals surface area contributed by atoms with E-state index >= 15 is 0 Å². The lowest BCUT2D eigenvalue weighted by molar-refractivity contribution is 0.984. The second kappa shape index (κ2) is 2.62. The van der Waals surface area contributed by atoms with E-state index in [1.54, 1.807) is 6.07 Å². The smallest absolute Gasteiger partial charge is 0.269 e. The van der Waals surface area contributed by atoms with Crippen molar-refractivity contribution in [3.63, 3.8) is 0 Å². The number of aryl methyl sites for hydroxylation is 1. The van der Waals surface area contributed by atoms with Crippen LogP contribution in [-0.2, 0) is 0 Å². The molecule has 1 aromatic heterocycles. The normalized spacial score (nSPS) is 10.5. The maximum atomic E-state index is 11.3. The van der Waals surface area contributed by atoms with E-state index in [-0.39, 0.29) is 5.56 Å². The Hall–Kier alpha value is -1.77. The molecule has 1 heterocycles. The quantitative estimate of drug-likeness (QED) is 0.606. The predicted octanol–water partition coefficient (Wildman–Crippen LogP) is 1.02. The third-order valence-corrected chi connectivity index (χ3v) is 2.17. The average molecular weight is 174 g/mol. The Bertz CT molecular complexity index is 514. The molecule has 13 heavy (non-hydrogen) atoms. The molecular weight excluding hydrogens is 164 g/mol. The number of fused-ring (bicyclic) bond motifs is 1. The molecule has 0 atom stereocenters. The van der Waals surface area contributed by atoms with Gasteiger partial charge in [0.05, 0.1) is 5.52 Å². The number of nitrogens with two attached hydrogens (primary N) is 1. The third kappa shape index (κ3) is 1.09. The number of para-hydroxylation sites is 1. The van der Waals surface area contributed by atoms with Crippen molar-refractivity contribution in [1.82, 2.24) is 4.68 Å². The summed E-state index contributed by atoms with van der Waals surface area (Å²) in [5, 5.41) is 1.02. The monoisotopic (exact) mass is 174 g/mol. The van der Waals surface area contributed by atoms with Crippen molar-refractivity contribution < 1.29 is 0 Å². The van der Waals surface area contributed by atoms with Gasteiger partial charge in [0, 0.05) is 11.5 Å². The van der Waals surface area contributed by atoms with Crippen molar-refractivity contribution >= 4 is 10.9 Å². The van der Waals surface area contributed by atoms with Crippen LogP contribution in [0.3, 0.4) is 0 Å². The molecule has 0 radical (unpaired) electrons. The van der Waals surface area contributed by atoms with Crippen LogP contribution in [0.15, 0.2) is 35.1 Å². The number of nitrogen functional groups attached to an aromatic ring is 1. The lowest BCUT2D eigenvalue weighted by Crippen LogP contribution is -2.26. The van der Waals surface area contributed by atoms with E-state index in [1.165, 1.54) is 4.68 Å². The number of rotatable bonds is 0. The van der Waals surface area contributed by atoms with E-state index in [1.807, 2.05) is 31.2 Å². The highest BCUT2D eigenvalue weighted by atomic mass is 16.1. The molecule has 0 aliphatic carbocycles. The zero-order chi connectivity index (χ0) is 9.42. The Labute approximate surface area is 75.4 Å². The highest BCUT2D eigenvalue weighted by Gasteiger charge is 2.01. The summed E-state index contributed by atoms with van der Waals surface area (Å²) in [4.78, 5) is 11.3. The summed E-state index contributed by atoms with van der Waals surface area (Å²) < 4.78 is 1.17. The first-order valence-corrected chi connectivity index (χ1v) is 4.06. The van der Waals surface area contributed by atoms with Crippen LogP contribution in [0.1, 0.15) is 5.56 Å². The fourth-order valence-corrected chi connectivity index (χ4v) is 1.47. The number of benzene rings is 1. The Kier molecular flexibility index (Phi) is 1.59. The minimum Gasteiger partial charge on any atom is -0.336 e. The van der Waals surface area contributed by atoms with Gasteiger partial charge in [-0.15, -0.1) is 0 Å². The summed E-state index contributed by atoms with van der Waals surface area (Å²) in [7, 11) is 0. The number of aromatic nitrogens is 1. The first kappa shape index (κ1) is 7.86. The highest BCUT2D eigenvalue weighted by Crippen LogP contribution is 2.13. The van der Waals surface area contributed by atoms with Gasteiger partial charge in [0.25, 0.3) is 5.56 Å². The second-order valence-electron chi connectivity index (χ2n) is 3.05. The Morgan fingerprint density at radius 3 is 2.77 bits per heavy atom. The fourth-order valence-electron chi connectivity index (χ4n) is 1.47. The van der Waals surface area contributed by atoms with E-state index in [9.17, 15) is 4.79 Å². The topological polar surface area (TPSA) is 48.0 Å². The molecule has 0 aliphatic heterocycles. The maximum absolute atomic E-state index is 11.3. The van der Waals surface area contributed by atoms with Crippen molar-refractivity contribution in [2.24, 2.45) is 0 Å². The Morgan fingerprint density at radius 2 is 2.00 bits per heavy atom. The highest BCUT2D eigenvalue weighted by molar-refractivity contribution is 5.82. The van der Waals surface area contributed by atoms with Crippen LogP contribution in [0.2, 0.25) is 0 Å². The van der Waals surface area contributed by atoms with Crippen LogP contribution in [0.5, 0.6) is 0 Å². The Morgan fingerprint density at radius 1 is 1.31 bits per heavy atom. The molecule has 0 spiro atoms. The van der Waals surface area contributed by atoms with Gasteiger partial charge in [-0.2, -0.15) is 0 Å². The summed E-state index contributed by atoms with van der Waals surface area (Å²) >= 11 is 0. The van der Waals surface area contributed by atoms with Crippen molar-refractivity contribution in [3.05, 3.63) is 46.2 Å². The van der Waals surface area contributed by atoms with Gasteiger partial charge in [-0.25, -0.2) is 4.68 Å². The van der Waals surface area contributed by atoms with Crippen molar-refractivity contribution in [1.29, 1.82) is 0 Å². The Balaban J connectivity index is 3.06. The van der Waals surface area contributed by atoms with Gasteiger partial charge < -0.3 is 5.84 Å². The predicted molar refractivity (Wildman–Crippen MR) is 53.1 cm³/mol. The molecule has 0 aliphatic rings.